The molecule has 1 aromatic rings. The molecule has 2 heteroatoms. The number of aromatic nitrogens is 1. The van der Waals surface area contributed by atoms with Crippen molar-refractivity contribution in [2.45, 2.75) is 6.42 Å². The van der Waals surface area contributed by atoms with E-state index >= 15 is 0 Å². The Balaban J connectivity index is 2.40. The number of hydrogen-bond donors (Lipinski definition) is 0. The zero-order valence-corrected chi connectivity index (χ0v) is 8.12. The van der Waals surface area contributed by atoms with Crippen molar-refractivity contribution in [3.05, 3.63) is 30.1 Å². The molecule has 0 unspecified atom stereocenters. The third-order valence-electron chi connectivity index (χ3n) is 1.58. The first kappa shape index (κ1) is 9.76. The minimum absolute atomic E-state index is 0.905. The predicted molar refractivity (Wildman–Crippen MR) is 54.3 cm³/mol. The van der Waals surface area contributed by atoms with Crippen molar-refractivity contribution in [1.29, 1.82) is 0 Å². The van der Waals surface area contributed by atoms with Crippen LogP contribution < -0.4 is 0 Å². The van der Waals surface area contributed by atoms with Crippen LogP contribution in [0.5, 0.6) is 0 Å². The number of rotatable bonds is 2. The van der Waals surface area contributed by atoms with Crippen molar-refractivity contribution < 1.29 is 0 Å². The van der Waals surface area contributed by atoms with E-state index in [0.29, 0.717) is 0 Å². The first-order valence-electron chi connectivity index (χ1n) is 4.32. The van der Waals surface area contributed by atoms with Crippen LogP contribution in [0.3, 0.4) is 0 Å². The molecule has 0 aliphatic rings. The van der Waals surface area contributed by atoms with Crippen molar-refractivity contribution in [3.63, 3.8) is 0 Å². The molecule has 2 nitrogen and oxygen atoms in total. The van der Waals surface area contributed by atoms with Gasteiger partial charge in [-0.3, -0.25) is 4.98 Å². The fourth-order valence-corrected chi connectivity index (χ4v) is 0.881. The van der Waals surface area contributed by atoms with E-state index in [1.165, 1.54) is 0 Å². The molecular formula is C11H14N2. The SMILES string of the molecule is CN(C)CCC#Cc1cccnc1. The fraction of sp³-hybridized carbons (Fsp3) is 0.364. The van der Waals surface area contributed by atoms with Crippen LogP contribution in [0.2, 0.25) is 0 Å². The molecule has 68 valence electrons. The summed E-state index contributed by atoms with van der Waals surface area (Å²) < 4.78 is 0. The van der Waals surface area contributed by atoms with Gasteiger partial charge in [-0.05, 0) is 26.2 Å². The van der Waals surface area contributed by atoms with Gasteiger partial charge in [0, 0.05) is 30.9 Å². The Bertz CT molecular complexity index is 293. The molecule has 0 bridgehead atoms. The minimum Gasteiger partial charge on any atom is -0.308 e. The molecule has 0 fully saturated rings. The molecule has 0 saturated heterocycles. The molecule has 1 heterocycles. The van der Waals surface area contributed by atoms with E-state index in [1.807, 2.05) is 26.2 Å². The van der Waals surface area contributed by atoms with Crippen LogP contribution >= 0.6 is 0 Å². The Morgan fingerprint density at radius 2 is 2.31 bits per heavy atom. The summed E-state index contributed by atoms with van der Waals surface area (Å²) in [5.41, 5.74) is 0.987. The van der Waals surface area contributed by atoms with Crippen molar-refractivity contribution in [2.75, 3.05) is 20.6 Å². The maximum absolute atomic E-state index is 3.99. The lowest BCUT2D eigenvalue weighted by atomic mass is 10.3. The molecule has 13 heavy (non-hydrogen) atoms. The lowest BCUT2D eigenvalue weighted by Gasteiger charge is -2.03. The van der Waals surface area contributed by atoms with Gasteiger partial charge in [0.25, 0.3) is 0 Å². The largest absolute Gasteiger partial charge is 0.308 e. The number of hydrogen-bond acceptors (Lipinski definition) is 2. The van der Waals surface area contributed by atoms with Gasteiger partial charge in [-0.1, -0.05) is 11.8 Å². The number of pyridine rings is 1. The van der Waals surface area contributed by atoms with Crippen LogP contribution in [0, 0.1) is 11.8 Å². The molecule has 0 aromatic carbocycles. The maximum atomic E-state index is 3.99. The Kier molecular flexibility index (Phi) is 4.01. The van der Waals surface area contributed by atoms with Crippen LogP contribution in [0.1, 0.15) is 12.0 Å². The fourth-order valence-electron chi connectivity index (χ4n) is 0.881. The monoisotopic (exact) mass is 174 g/mol. The predicted octanol–water partition coefficient (Wildman–Crippen LogP) is 1.38. The van der Waals surface area contributed by atoms with E-state index in [4.69, 9.17) is 0 Å². The summed E-state index contributed by atoms with van der Waals surface area (Å²) in [5, 5.41) is 0. The standard InChI is InChI=1S/C11H14N2/c1-13(2)9-4-3-6-11-7-5-8-12-10-11/h5,7-8,10H,4,9H2,1-2H3. The lowest BCUT2D eigenvalue weighted by molar-refractivity contribution is 0.420. The van der Waals surface area contributed by atoms with Crippen LogP contribution in [-0.2, 0) is 0 Å². The molecule has 1 aromatic heterocycles. The molecule has 0 aliphatic heterocycles. The highest BCUT2D eigenvalue weighted by molar-refractivity contribution is 5.30. The molecule has 1 rings (SSSR count). The van der Waals surface area contributed by atoms with E-state index in [2.05, 4.69) is 21.7 Å². The molecule has 0 aliphatic carbocycles. The van der Waals surface area contributed by atoms with Gasteiger partial charge >= 0.3 is 0 Å². The highest BCUT2D eigenvalue weighted by atomic mass is 15.0. The zero-order valence-electron chi connectivity index (χ0n) is 8.12. The summed E-state index contributed by atoms with van der Waals surface area (Å²) in [5.74, 6) is 6.16. The zero-order chi connectivity index (χ0) is 9.52. The molecule has 0 spiro atoms. The molecule has 0 atom stereocenters. The summed E-state index contributed by atoms with van der Waals surface area (Å²) in [6.07, 6.45) is 4.44. The van der Waals surface area contributed by atoms with E-state index in [0.717, 1.165) is 18.5 Å². The second-order valence-electron chi connectivity index (χ2n) is 3.10. The quantitative estimate of drug-likeness (QED) is 0.630. The van der Waals surface area contributed by atoms with Gasteiger partial charge in [0.1, 0.15) is 0 Å². The highest BCUT2D eigenvalue weighted by Crippen LogP contribution is 1.91. The highest BCUT2D eigenvalue weighted by Gasteiger charge is 1.85. The van der Waals surface area contributed by atoms with Gasteiger partial charge in [-0.15, -0.1) is 0 Å². The summed E-state index contributed by atoms with van der Waals surface area (Å²) in [7, 11) is 4.09. The van der Waals surface area contributed by atoms with Gasteiger partial charge in [-0.2, -0.15) is 0 Å². The molecule has 0 amide bonds. The molecule has 0 N–H and O–H groups in total. The topological polar surface area (TPSA) is 16.1 Å². The second kappa shape index (κ2) is 5.34. The Morgan fingerprint density at radius 3 is 2.92 bits per heavy atom. The summed E-state index contributed by atoms with van der Waals surface area (Å²) in [4.78, 5) is 6.11. The van der Waals surface area contributed by atoms with E-state index in [1.54, 1.807) is 12.4 Å². The molecule has 0 radical (unpaired) electrons. The van der Waals surface area contributed by atoms with Gasteiger partial charge in [-0.25, -0.2) is 0 Å². The van der Waals surface area contributed by atoms with Crippen molar-refractivity contribution in [3.8, 4) is 11.8 Å². The Hall–Kier alpha value is -1.33. The first-order chi connectivity index (χ1) is 6.29. The third-order valence-corrected chi connectivity index (χ3v) is 1.58. The van der Waals surface area contributed by atoms with Crippen LogP contribution in [0.15, 0.2) is 24.5 Å². The summed E-state index contributed by atoms with van der Waals surface area (Å²) in [6, 6.07) is 3.87. The maximum Gasteiger partial charge on any atom is 0.0428 e. The summed E-state index contributed by atoms with van der Waals surface area (Å²) >= 11 is 0. The van der Waals surface area contributed by atoms with Crippen LogP contribution in [0.4, 0.5) is 0 Å². The van der Waals surface area contributed by atoms with Crippen molar-refractivity contribution >= 4 is 0 Å². The second-order valence-corrected chi connectivity index (χ2v) is 3.10. The number of nitrogens with zero attached hydrogens (tertiary/aromatic N) is 2. The average molecular weight is 174 g/mol. The Morgan fingerprint density at radius 1 is 1.46 bits per heavy atom. The normalized spacial score (nSPS) is 9.46. The molecular weight excluding hydrogens is 160 g/mol. The van der Waals surface area contributed by atoms with Gasteiger partial charge in [0.2, 0.25) is 0 Å². The van der Waals surface area contributed by atoms with Gasteiger partial charge < -0.3 is 4.90 Å². The van der Waals surface area contributed by atoms with Gasteiger partial charge in [0.15, 0.2) is 0 Å². The summed E-state index contributed by atoms with van der Waals surface area (Å²) in [6.45, 7) is 1.01. The Labute approximate surface area is 79.6 Å². The van der Waals surface area contributed by atoms with Crippen molar-refractivity contribution in [2.24, 2.45) is 0 Å². The van der Waals surface area contributed by atoms with E-state index in [9.17, 15) is 0 Å². The smallest absolute Gasteiger partial charge is 0.0428 e. The van der Waals surface area contributed by atoms with E-state index < -0.39 is 0 Å². The van der Waals surface area contributed by atoms with E-state index in [-0.39, 0.29) is 0 Å². The first-order valence-corrected chi connectivity index (χ1v) is 4.32. The van der Waals surface area contributed by atoms with Crippen LogP contribution in [-0.4, -0.2) is 30.5 Å². The average Bonchev–Trinajstić information content (AvgIpc) is 2.14. The minimum atomic E-state index is 0.905. The van der Waals surface area contributed by atoms with Crippen molar-refractivity contribution in [1.82, 2.24) is 9.88 Å². The molecule has 0 saturated carbocycles. The van der Waals surface area contributed by atoms with Crippen LogP contribution in [0.25, 0.3) is 0 Å². The third kappa shape index (κ3) is 4.29. The van der Waals surface area contributed by atoms with Gasteiger partial charge in [0.05, 0.1) is 0 Å². The lowest BCUT2D eigenvalue weighted by Crippen LogP contribution is -2.11.